The Morgan fingerprint density at radius 1 is 0.333 bits per heavy atom. The average Bonchev–Trinajstić information content (AvgIpc) is 3.20. The van der Waals surface area contributed by atoms with E-state index in [4.69, 9.17) is 28.4 Å². The van der Waals surface area contributed by atoms with E-state index in [2.05, 4.69) is 41.5 Å². The minimum atomic E-state index is 0.00330. The third-order valence-corrected chi connectivity index (χ3v) is 11.1. The molecule has 9 heteroatoms. The molecular weight excluding hydrogens is 737 g/mol. The Morgan fingerprint density at radius 3 is 0.842 bits per heavy atom. The number of aromatic hydroxyl groups is 2. The fourth-order valence-corrected chi connectivity index (χ4v) is 7.59. The van der Waals surface area contributed by atoms with Crippen molar-refractivity contribution in [1.29, 1.82) is 0 Å². The summed E-state index contributed by atoms with van der Waals surface area (Å²) in [5, 5.41) is 23.1. The SMILES string of the molecule is CCCCCCOc1cc(O)c(OCCCCCC)c(OCCCCCC)c1Sc1c(OCCCCCC)cc(O)c(OCCCCCC)c1OCCCCCC. The quantitative estimate of drug-likeness (QED) is 0.0642. The molecule has 0 unspecified atom stereocenters. The standard InChI is InChI=1S/C48H82O8S/c1-7-13-19-25-31-51-41-37-39(49)43(53-33-27-21-15-9-3)45(55-35-29-23-17-11-5)47(41)57-48-42(52-32-26-20-14-8-2)38-40(50)44(54-34-28-22-16-10-4)46(48)56-36-30-24-18-12-6/h37-38,49-50H,7-36H2,1-6H3. The van der Waals surface area contributed by atoms with Gasteiger partial charge < -0.3 is 38.6 Å². The van der Waals surface area contributed by atoms with Crippen LogP contribution in [0, 0.1) is 0 Å². The second kappa shape index (κ2) is 33.1. The van der Waals surface area contributed by atoms with Gasteiger partial charge in [-0.15, -0.1) is 0 Å². The summed E-state index contributed by atoms with van der Waals surface area (Å²) >= 11 is 1.43. The summed E-state index contributed by atoms with van der Waals surface area (Å²) in [4.78, 5) is 1.38. The number of hydrogen-bond acceptors (Lipinski definition) is 9. The van der Waals surface area contributed by atoms with Gasteiger partial charge in [0.1, 0.15) is 21.3 Å². The predicted octanol–water partition coefficient (Wildman–Crippen LogP) is 15.0. The first-order chi connectivity index (χ1) is 28.0. The van der Waals surface area contributed by atoms with E-state index in [1.165, 1.54) is 11.8 Å². The molecule has 0 aliphatic carbocycles. The fourth-order valence-electron chi connectivity index (χ4n) is 6.46. The van der Waals surface area contributed by atoms with Gasteiger partial charge in [-0.1, -0.05) is 169 Å². The summed E-state index contributed by atoms with van der Waals surface area (Å²) in [6.07, 6.45) is 25.2. The van der Waals surface area contributed by atoms with Crippen molar-refractivity contribution in [2.45, 2.75) is 205 Å². The molecule has 0 aliphatic heterocycles. The van der Waals surface area contributed by atoms with Gasteiger partial charge in [0.2, 0.25) is 11.5 Å². The summed E-state index contributed by atoms with van der Waals surface area (Å²) in [6, 6.07) is 3.35. The van der Waals surface area contributed by atoms with Gasteiger partial charge in [-0.3, -0.25) is 0 Å². The van der Waals surface area contributed by atoms with E-state index in [1.54, 1.807) is 12.1 Å². The van der Waals surface area contributed by atoms with E-state index in [0.717, 1.165) is 154 Å². The molecule has 0 radical (unpaired) electrons. The van der Waals surface area contributed by atoms with Crippen molar-refractivity contribution in [2.24, 2.45) is 0 Å². The van der Waals surface area contributed by atoms with E-state index in [-0.39, 0.29) is 11.5 Å². The second-order valence-electron chi connectivity index (χ2n) is 15.3. The molecule has 8 nitrogen and oxygen atoms in total. The van der Waals surface area contributed by atoms with Crippen LogP contribution in [0.5, 0.6) is 46.0 Å². The highest BCUT2D eigenvalue weighted by Crippen LogP contribution is 2.57. The summed E-state index contributed by atoms with van der Waals surface area (Å²) in [5.74, 6) is 2.65. The zero-order chi connectivity index (χ0) is 41.4. The van der Waals surface area contributed by atoms with Gasteiger partial charge in [-0.25, -0.2) is 0 Å². The van der Waals surface area contributed by atoms with Crippen LogP contribution in [0.3, 0.4) is 0 Å². The third kappa shape index (κ3) is 20.1. The molecule has 2 aromatic rings. The number of phenols is 2. The van der Waals surface area contributed by atoms with Crippen LogP contribution < -0.4 is 28.4 Å². The van der Waals surface area contributed by atoms with E-state index in [1.807, 2.05) is 0 Å². The highest BCUT2D eigenvalue weighted by Gasteiger charge is 2.29. The average molecular weight is 819 g/mol. The maximum atomic E-state index is 11.6. The molecule has 0 bridgehead atoms. The molecule has 57 heavy (non-hydrogen) atoms. The normalized spacial score (nSPS) is 11.2. The zero-order valence-corrected chi connectivity index (χ0v) is 37.9. The molecule has 0 saturated carbocycles. The maximum absolute atomic E-state index is 11.6. The number of unbranched alkanes of at least 4 members (excludes halogenated alkanes) is 18. The Labute approximate surface area is 352 Å². The van der Waals surface area contributed by atoms with Crippen molar-refractivity contribution >= 4 is 11.8 Å². The Balaban J connectivity index is 2.81. The molecule has 0 fully saturated rings. The third-order valence-electron chi connectivity index (χ3n) is 9.97. The summed E-state index contributed by atoms with van der Waals surface area (Å²) < 4.78 is 39.2. The second-order valence-corrected chi connectivity index (χ2v) is 16.3. The first-order valence-corrected chi connectivity index (χ1v) is 24.0. The maximum Gasteiger partial charge on any atom is 0.204 e. The number of benzene rings is 2. The van der Waals surface area contributed by atoms with E-state index >= 15 is 0 Å². The van der Waals surface area contributed by atoms with Gasteiger partial charge >= 0.3 is 0 Å². The van der Waals surface area contributed by atoms with Crippen molar-refractivity contribution in [1.82, 2.24) is 0 Å². The smallest absolute Gasteiger partial charge is 0.204 e. The number of hydrogen-bond donors (Lipinski definition) is 2. The monoisotopic (exact) mass is 819 g/mol. The first kappa shape index (κ1) is 50.3. The molecule has 2 aromatic carbocycles. The minimum absolute atomic E-state index is 0.00330. The van der Waals surface area contributed by atoms with Gasteiger partial charge in [0, 0.05) is 12.1 Å². The molecule has 328 valence electrons. The van der Waals surface area contributed by atoms with Gasteiger partial charge in [0.05, 0.1) is 39.6 Å². The summed E-state index contributed by atoms with van der Waals surface area (Å²) in [6.45, 7) is 16.1. The van der Waals surface area contributed by atoms with Crippen molar-refractivity contribution in [3.63, 3.8) is 0 Å². The van der Waals surface area contributed by atoms with Crippen molar-refractivity contribution in [3.8, 4) is 46.0 Å². The summed E-state index contributed by atoms with van der Waals surface area (Å²) in [7, 11) is 0. The van der Waals surface area contributed by atoms with Gasteiger partial charge in [-0.2, -0.15) is 0 Å². The Morgan fingerprint density at radius 2 is 0.579 bits per heavy atom. The van der Waals surface area contributed by atoms with Crippen molar-refractivity contribution in [2.75, 3.05) is 39.6 Å². The lowest BCUT2D eigenvalue weighted by Crippen LogP contribution is -2.08. The molecule has 0 saturated heterocycles. The molecule has 0 aromatic heterocycles. The number of rotatable bonds is 38. The first-order valence-electron chi connectivity index (χ1n) is 23.2. The molecule has 0 aliphatic rings. The number of phenolic OH excluding ortho intramolecular Hbond substituents is 2. The van der Waals surface area contributed by atoms with E-state index in [0.29, 0.717) is 83.9 Å². The topological polar surface area (TPSA) is 95.8 Å². The Kier molecular flexibility index (Phi) is 29.2. The van der Waals surface area contributed by atoms with Crippen LogP contribution >= 0.6 is 11.8 Å². The largest absolute Gasteiger partial charge is 0.504 e. The van der Waals surface area contributed by atoms with E-state index in [9.17, 15) is 10.2 Å². The van der Waals surface area contributed by atoms with Crippen LogP contribution in [0.2, 0.25) is 0 Å². The molecule has 0 spiro atoms. The summed E-state index contributed by atoms with van der Waals surface area (Å²) in [5.41, 5.74) is 0. The van der Waals surface area contributed by atoms with Crippen LogP contribution in [-0.2, 0) is 0 Å². The highest BCUT2D eigenvalue weighted by molar-refractivity contribution is 7.99. The van der Waals surface area contributed by atoms with Crippen LogP contribution in [0.1, 0.15) is 196 Å². The molecule has 0 amide bonds. The van der Waals surface area contributed by atoms with Gasteiger partial charge in [0.15, 0.2) is 23.0 Å². The van der Waals surface area contributed by atoms with Crippen molar-refractivity contribution < 1.29 is 38.6 Å². The predicted molar refractivity (Wildman–Crippen MR) is 238 cm³/mol. The van der Waals surface area contributed by atoms with Crippen LogP contribution in [0.25, 0.3) is 0 Å². The molecule has 2 N–H and O–H groups in total. The lowest BCUT2D eigenvalue weighted by molar-refractivity contribution is 0.235. The molecule has 0 atom stereocenters. The van der Waals surface area contributed by atoms with Crippen LogP contribution in [-0.4, -0.2) is 49.9 Å². The highest BCUT2D eigenvalue weighted by atomic mass is 32.2. The van der Waals surface area contributed by atoms with Crippen molar-refractivity contribution in [3.05, 3.63) is 12.1 Å². The van der Waals surface area contributed by atoms with Gasteiger partial charge in [-0.05, 0) is 38.5 Å². The number of ether oxygens (including phenoxy) is 6. The van der Waals surface area contributed by atoms with E-state index < -0.39 is 0 Å². The molecular formula is C48H82O8S. The Hall–Kier alpha value is -2.81. The lowest BCUT2D eigenvalue weighted by atomic mass is 10.2. The Bertz CT molecular complexity index is 1200. The zero-order valence-electron chi connectivity index (χ0n) is 37.1. The van der Waals surface area contributed by atoms with Gasteiger partial charge in [0.25, 0.3) is 0 Å². The molecule has 2 rings (SSSR count). The van der Waals surface area contributed by atoms with Crippen LogP contribution in [0.4, 0.5) is 0 Å². The fraction of sp³-hybridized carbons (Fsp3) is 0.750. The minimum Gasteiger partial charge on any atom is -0.504 e. The van der Waals surface area contributed by atoms with Crippen LogP contribution in [0.15, 0.2) is 21.9 Å². The molecule has 0 heterocycles. The lowest BCUT2D eigenvalue weighted by Gasteiger charge is -2.24.